The van der Waals surface area contributed by atoms with Gasteiger partial charge < -0.3 is 9.32 Å². The topological polar surface area (TPSA) is 16.4 Å². The second-order valence-electron chi connectivity index (χ2n) is 4.44. The second kappa shape index (κ2) is 4.07. The third-order valence-corrected chi connectivity index (χ3v) is 4.07. The van der Waals surface area contributed by atoms with Crippen molar-refractivity contribution >= 4 is 15.9 Å². The number of halogens is 1. The van der Waals surface area contributed by atoms with Crippen LogP contribution in [0.3, 0.4) is 0 Å². The maximum atomic E-state index is 5.05. The molecule has 78 valence electrons. The van der Waals surface area contributed by atoms with Crippen LogP contribution in [0.2, 0.25) is 0 Å². The minimum atomic E-state index is 0.568. The summed E-state index contributed by atoms with van der Waals surface area (Å²) in [7, 11) is 2.18. The molecule has 1 aromatic rings. The van der Waals surface area contributed by atoms with Gasteiger partial charge in [-0.05, 0) is 31.4 Å². The summed E-state index contributed by atoms with van der Waals surface area (Å²) in [5.41, 5.74) is 1.83. The van der Waals surface area contributed by atoms with Crippen molar-refractivity contribution in [3.05, 3.63) is 24.2 Å². The molecule has 1 fully saturated rings. The van der Waals surface area contributed by atoms with Crippen LogP contribution >= 0.6 is 15.9 Å². The van der Waals surface area contributed by atoms with E-state index in [9.17, 15) is 0 Å². The largest absolute Gasteiger partial charge is 0.472 e. The third kappa shape index (κ3) is 2.39. The van der Waals surface area contributed by atoms with Gasteiger partial charge in [-0.15, -0.1) is 0 Å². The van der Waals surface area contributed by atoms with Gasteiger partial charge in [-0.25, -0.2) is 0 Å². The van der Waals surface area contributed by atoms with E-state index in [1.165, 1.54) is 24.9 Å². The predicted molar refractivity (Wildman–Crippen MR) is 60.5 cm³/mol. The number of alkyl halides is 1. The van der Waals surface area contributed by atoms with E-state index in [0.717, 1.165) is 11.9 Å². The minimum Gasteiger partial charge on any atom is -0.472 e. The lowest BCUT2D eigenvalue weighted by Gasteiger charge is -2.21. The van der Waals surface area contributed by atoms with Gasteiger partial charge >= 0.3 is 0 Å². The molecule has 0 N–H and O–H groups in total. The molecule has 0 atom stereocenters. The lowest BCUT2D eigenvalue weighted by molar-refractivity contribution is 0.270. The second-order valence-corrected chi connectivity index (χ2v) is 5.00. The van der Waals surface area contributed by atoms with Crippen molar-refractivity contribution in [3.63, 3.8) is 0 Å². The van der Waals surface area contributed by atoms with E-state index in [1.54, 1.807) is 6.26 Å². The Hall–Kier alpha value is -0.280. The van der Waals surface area contributed by atoms with Gasteiger partial charge in [-0.2, -0.15) is 0 Å². The zero-order valence-electron chi connectivity index (χ0n) is 8.50. The summed E-state index contributed by atoms with van der Waals surface area (Å²) in [6.45, 7) is 2.18. The highest BCUT2D eigenvalue weighted by molar-refractivity contribution is 9.09. The quantitative estimate of drug-likeness (QED) is 0.755. The molecule has 14 heavy (non-hydrogen) atoms. The highest BCUT2D eigenvalue weighted by Crippen LogP contribution is 2.47. The van der Waals surface area contributed by atoms with Gasteiger partial charge in [0.2, 0.25) is 0 Å². The van der Waals surface area contributed by atoms with Crippen LogP contribution in [-0.2, 0) is 6.54 Å². The van der Waals surface area contributed by atoms with Crippen LogP contribution in [-0.4, -0.2) is 23.8 Å². The van der Waals surface area contributed by atoms with Crippen molar-refractivity contribution < 1.29 is 4.42 Å². The molecule has 1 saturated carbocycles. The van der Waals surface area contributed by atoms with Crippen LogP contribution in [0.5, 0.6) is 0 Å². The summed E-state index contributed by atoms with van der Waals surface area (Å²) in [5.74, 6) is 0. The average molecular weight is 258 g/mol. The molecule has 0 aliphatic heterocycles. The maximum Gasteiger partial charge on any atom is 0.0947 e. The Morgan fingerprint density at radius 2 is 2.36 bits per heavy atom. The zero-order chi connectivity index (χ0) is 10.0. The highest BCUT2D eigenvalue weighted by atomic mass is 79.9. The third-order valence-electron chi connectivity index (χ3n) is 2.88. The molecule has 0 amide bonds. The molecule has 0 unspecified atom stereocenters. The van der Waals surface area contributed by atoms with Crippen LogP contribution in [0.25, 0.3) is 0 Å². The normalized spacial score (nSPS) is 18.8. The first-order chi connectivity index (χ1) is 6.74. The van der Waals surface area contributed by atoms with Crippen molar-refractivity contribution in [1.29, 1.82) is 0 Å². The fourth-order valence-corrected chi connectivity index (χ4v) is 2.57. The first kappa shape index (κ1) is 10.2. The Morgan fingerprint density at radius 3 is 2.86 bits per heavy atom. The van der Waals surface area contributed by atoms with Gasteiger partial charge in [-0.3, -0.25) is 0 Å². The monoisotopic (exact) mass is 257 g/mol. The van der Waals surface area contributed by atoms with Crippen molar-refractivity contribution in [2.75, 3.05) is 18.9 Å². The molecule has 0 radical (unpaired) electrons. The smallest absolute Gasteiger partial charge is 0.0947 e. The predicted octanol–water partition coefficient (Wildman–Crippen LogP) is 2.89. The first-order valence-electron chi connectivity index (χ1n) is 5.00. The summed E-state index contributed by atoms with van der Waals surface area (Å²) in [6.07, 6.45) is 6.30. The molecule has 2 nitrogen and oxygen atoms in total. The molecule has 0 saturated heterocycles. The fourth-order valence-electron chi connectivity index (χ4n) is 1.83. The van der Waals surface area contributed by atoms with Crippen molar-refractivity contribution in [2.45, 2.75) is 19.4 Å². The van der Waals surface area contributed by atoms with Crippen LogP contribution in [0.15, 0.2) is 23.0 Å². The Bertz CT molecular complexity index is 279. The molecule has 1 aromatic heterocycles. The van der Waals surface area contributed by atoms with E-state index < -0.39 is 0 Å². The number of rotatable bonds is 5. The maximum absolute atomic E-state index is 5.05. The number of hydrogen-bond donors (Lipinski definition) is 0. The number of hydrogen-bond acceptors (Lipinski definition) is 2. The SMILES string of the molecule is CN(Cc1ccoc1)CC1(CBr)CC1. The Kier molecular flexibility index (Phi) is 2.98. The summed E-state index contributed by atoms with van der Waals surface area (Å²) in [4.78, 5) is 2.37. The van der Waals surface area contributed by atoms with Crippen LogP contribution < -0.4 is 0 Å². The molecule has 0 bridgehead atoms. The van der Waals surface area contributed by atoms with Gasteiger partial charge in [0, 0.05) is 24.0 Å². The lowest BCUT2D eigenvalue weighted by Crippen LogP contribution is -2.27. The highest BCUT2D eigenvalue weighted by Gasteiger charge is 2.42. The number of nitrogens with zero attached hydrogens (tertiary/aromatic N) is 1. The van der Waals surface area contributed by atoms with E-state index in [2.05, 4.69) is 27.9 Å². The van der Waals surface area contributed by atoms with Crippen LogP contribution in [0.4, 0.5) is 0 Å². The first-order valence-corrected chi connectivity index (χ1v) is 6.12. The standard InChI is InChI=1S/C11H16BrNO/c1-13(6-10-2-5-14-7-10)9-11(8-12)3-4-11/h2,5,7H,3-4,6,8-9H2,1H3. The van der Waals surface area contributed by atoms with Crippen LogP contribution in [0.1, 0.15) is 18.4 Å². The molecule has 0 spiro atoms. The Labute approximate surface area is 93.4 Å². The minimum absolute atomic E-state index is 0.568. The molecular weight excluding hydrogens is 242 g/mol. The summed E-state index contributed by atoms with van der Waals surface area (Å²) < 4.78 is 5.05. The molecule has 1 aliphatic rings. The van der Waals surface area contributed by atoms with Gasteiger partial charge in [0.25, 0.3) is 0 Å². The van der Waals surface area contributed by atoms with E-state index in [-0.39, 0.29) is 0 Å². The van der Waals surface area contributed by atoms with E-state index >= 15 is 0 Å². The van der Waals surface area contributed by atoms with Gasteiger partial charge in [-0.1, -0.05) is 15.9 Å². The van der Waals surface area contributed by atoms with Gasteiger partial charge in [0.05, 0.1) is 12.5 Å². The zero-order valence-corrected chi connectivity index (χ0v) is 10.1. The molecule has 2 rings (SSSR count). The molecule has 1 aliphatic carbocycles. The number of furan rings is 1. The lowest BCUT2D eigenvalue weighted by atomic mass is 10.1. The Morgan fingerprint density at radius 1 is 1.57 bits per heavy atom. The van der Waals surface area contributed by atoms with E-state index in [0.29, 0.717) is 5.41 Å². The summed E-state index contributed by atoms with van der Waals surface area (Å²) in [6, 6.07) is 2.03. The summed E-state index contributed by atoms with van der Waals surface area (Å²) in [5, 5.41) is 1.13. The Balaban J connectivity index is 1.82. The van der Waals surface area contributed by atoms with Crippen molar-refractivity contribution in [2.24, 2.45) is 5.41 Å². The van der Waals surface area contributed by atoms with E-state index in [1.807, 2.05) is 12.3 Å². The van der Waals surface area contributed by atoms with Crippen molar-refractivity contribution in [1.82, 2.24) is 4.90 Å². The van der Waals surface area contributed by atoms with Gasteiger partial charge in [0.15, 0.2) is 0 Å². The summed E-state index contributed by atoms with van der Waals surface area (Å²) >= 11 is 3.59. The fraction of sp³-hybridized carbons (Fsp3) is 0.636. The van der Waals surface area contributed by atoms with Crippen molar-refractivity contribution in [3.8, 4) is 0 Å². The molecule has 1 heterocycles. The van der Waals surface area contributed by atoms with E-state index in [4.69, 9.17) is 4.42 Å². The average Bonchev–Trinajstić information content (AvgIpc) is 2.74. The molecule has 3 heteroatoms. The molecule has 0 aromatic carbocycles. The molecular formula is C11H16BrNO. The van der Waals surface area contributed by atoms with Gasteiger partial charge in [0.1, 0.15) is 0 Å². The van der Waals surface area contributed by atoms with Crippen LogP contribution in [0, 0.1) is 5.41 Å².